The minimum absolute atomic E-state index is 0.0245. The number of benzene rings is 1. The number of hydrogen-bond acceptors (Lipinski definition) is 4. The second-order valence-corrected chi connectivity index (χ2v) is 11.1. The van der Waals surface area contributed by atoms with Crippen LogP contribution in [0.2, 0.25) is 0 Å². The van der Waals surface area contributed by atoms with E-state index in [4.69, 9.17) is 4.74 Å². The highest BCUT2D eigenvalue weighted by Gasteiger charge is 2.57. The second kappa shape index (κ2) is 9.44. The van der Waals surface area contributed by atoms with Gasteiger partial charge in [0.2, 0.25) is 5.91 Å². The van der Waals surface area contributed by atoms with E-state index in [1.54, 1.807) is 6.07 Å². The Morgan fingerprint density at radius 2 is 2.17 bits per heavy atom. The van der Waals surface area contributed by atoms with E-state index in [9.17, 15) is 14.4 Å². The summed E-state index contributed by atoms with van der Waals surface area (Å²) < 4.78 is 20.1. The summed E-state index contributed by atoms with van der Waals surface area (Å²) in [7, 11) is 0. The van der Waals surface area contributed by atoms with Crippen molar-refractivity contribution in [1.29, 1.82) is 0 Å². The van der Waals surface area contributed by atoms with E-state index < -0.39 is 0 Å². The molecule has 1 aromatic carbocycles. The van der Waals surface area contributed by atoms with Crippen molar-refractivity contribution in [3.8, 4) is 0 Å². The Labute approximate surface area is 207 Å². The summed E-state index contributed by atoms with van der Waals surface area (Å²) >= 11 is 0. The highest BCUT2D eigenvalue weighted by Crippen LogP contribution is 2.62. The van der Waals surface area contributed by atoms with Crippen LogP contribution < -0.4 is 5.32 Å². The van der Waals surface area contributed by atoms with Crippen LogP contribution in [0.15, 0.2) is 46.5 Å². The van der Waals surface area contributed by atoms with E-state index in [1.165, 1.54) is 5.56 Å². The molecule has 6 heteroatoms. The van der Waals surface area contributed by atoms with Gasteiger partial charge < -0.3 is 15.3 Å². The maximum atomic E-state index is 14.5. The van der Waals surface area contributed by atoms with Crippen LogP contribution in [0.25, 0.3) is 0 Å². The fourth-order valence-electron chi connectivity index (χ4n) is 7.65. The van der Waals surface area contributed by atoms with Crippen molar-refractivity contribution in [2.75, 3.05) is 6.61 Å². The van der Waals surface area contributed by atoms with Gasteiger partial charge in [-0.1, -0.05) is 31.1 Å². The van der Waals surface area contributed by atoms with Crippen molar-refractivity contribution in [1.82, 2.24) is 5.32 Å². The van der Waals surface area contributed by atoms with Crippen LogP contribution >= 0.6 is 0 Å². The monoisotopic (exact) mass is 480 g/mol. The molecule has 1 aromatic rings. The molecule has 2 saturated carbocycles. The highest BCUT2D eigenvalue weighted by atomic mass is 19.1. The number of amides is 1. The summed E-state index contributed by atoms with van der Waals surface area (Å²) in [6.45, 7) is 6.75. The third kappa shape index (κ3) is 4.19. The van der Waals surface area contributed by atoms with Crippen LogP contribution in [-0.4, -0.2) is 23.4 Å². The molecule has 1 aliphatic heterocycles. The topological polar surface area (TPSA) is 70.9 Å². The fourth-order valence-corrected chi connectivity index (χ4v) is 7.65. The van der Waals surface area contributed by atoms with Gasteiger partial charge in [0.15, 0.2) is 0 Å². The van der Waals surface area contributed by atoms with E-state index in [2.05, 4.69) is 30.4 Å². The van der Waals surface area contributed by atoms with Crippen LogP contribution in [0.1, 0.15) is 82.8 Å². The molecule has 188 valence electrons. The van der Waals surface area contributed by atoms with Crippen molar-refractivity contribution in [2.24, 2.45) is 28.3 Å². The van der Waals surface area contributed by atoms with Crippen molar-refractivity contribution in [3.05, 3.63) is 58.2 Å². The maximum Gasteiger partial charge on any atom is 0.224 e. The third-order valence-corrected chi connectivity index (χ3v) is 9.36. The molecule has 5 nitrogen and oxygen atoms in total. The van der Waals surface area contributed by atoms with Gasteiger partial charge in [-0.15, -0.1) is 0 Å². The molecule has 0 saturated heterocycles. The molecule has 0 spiro atoms. The average molecular weight is 481 g/mol. The zero-order chi connectivity index (χ0) is 24.7. The minimum Gasteiger partial charge on any atom is -0.494 e. The largest absolute Gasteiger partial charge is 0.494 e. The van der Waals surface area contributed by atoms with Gasteiger partial charge in [0, 0.05) is 17.5 Å². The lowest BCUT2D eigenvalue weighted by molar-refractivity contribution is -0.120. The van der Waals surface area contributed by atoms with Crippen molar-refractivity contribution in [2.45, 2.75) is 78.1 Å². The minimum atomic E-state index is -0.152. The van der Waals surface area contributed by atoms with Gasteiger partial charge in [-0.05, 0) is 104 Å². The van der Waals surface area contributed by atoms with Gasteiger partial charge in [-0.3, -0.25) is 4.79 Å². The van der Waals surface area contributed by atoms with Crippen LogP contribution in [0.3, 0.4) is 0 Å². The lowest BCUT2D eigenvalue weighted by atomic mass is 9.54. The first-order valence-corrected chi connectivity index (χ1v) is 13.2. The first-order valence-electron chi connectivity index (χ1n) is 13.2. The van der Waals surface area contributed by atoms with E-state index in [0.717, 1.165) is 73.3 Å². The molecule has 4 aliphatic rings. The number of nitrogens with zero attached hydrogens (tertiary/aromatic N) is 1. The predicted octanol–water partition coefficient (Wildman–Crippen LogP) is 6.23. The standard InChI is InChI=1S/C29H37FN2O3/c1-4-18-16-35-17(2)14-25(18)31-27(33)11-8-19-15-26(32-34)29(3)13-12-21-20-6-5-7-24(30)22(20)9-10-23(21)28(19)29/h5-7,14,19,21,23,28,34H,4,8-13,15-16H2,1-3H3,(H,31,33)/b32-26+/t19-,21?,23?,28?,29-/m1/s1. The molecule has 5 atom stereocenters. The van der Waals surface area contributed by atoms with E-state index in [0.29, 0.717) is 30.8 Å². The number of ether oxygens (including phenoxy) is 1. The van der Waals surface area contributed by atoms with Gasteiger partial charge >= 0.3 is 0 Å². The summed E-state index contributed by atoms with van der Waals surface area (Å²) in [5, 5.41) is 16.8. The molecule has 2 N–H and O–H groups in total. The van der Waals surface area contributed by atoms with Crippen LogP contribution in [0.4, 0.5) is 4.39 Å². The fraction of sp³-hybridized carbons (Fsp3) is 0.586. The number of halogens is 1. The van der Waals surface area contributed by atoms with Gasteiger partial charge in [-0.25, -0.2) is 4.39 Å². The first kappa shape index (κ1) is 24.1. The molecule has 1 amide bonds. The molecule has 0 radical (unpaired) electrons. The van der Waals surface area contributed by atoms with Crippen molar-refractivity contribution >= 4 is 11.6 Å². The zero-order valence-corrected chi connectivity index (χ0v) is 21.1. The van der Waals surface area contributed by atoms with Crippen molar-refractivity contribution < 1.29 is 19.1 Å². The molecule has 3 aliphatic carbocycles. The van der Waals surface area contributed by atoms with E-state index in [-0.39, 0.29) is 23.1 Å². The Morgan fingerprint density at radius 1 is 1.34 bits per heavy atom. The Morgan fingerprint density at radius 3 is 2.94 bits per heavy atom. The second-order valence-electron chi connectivity index (χ2n) is 11.1. The third-order valence-electron chi connectivity index (χ3n) is 9.36. The molecule has 0 aromatic heterocycles. The number of rotatable bonds is 5. The molecule has 2 fully saturated rings. The quantitative estimate of drug-likeness (QED) is 0.387. The summed E-state index contributed by atoms with van der Waals surface area (Å²) in [6.07, 6.45) is 8.33. The van der Waals surface area contributed by atoms with Gasteiger partial charge in [0.25, 0.3) is 0 Å². The van der Waals surface area contributed by atoms with Gasteiger partial charge in [0.05, 0.1) is 11.5 Å². The van der Waals surface area contributed by atoms with Crippen molar-refractivity contribution in [3.63, 3.8) is 0 Å². The van der Waals surface area contributed by atoms with Gasteiger partial charge in [-0.2, -0.15) is 0 Å². The number of carbonyl (C=O) groups excluding carboxylic acids is 1. The maximum absolute atomic E-state index is 14.5. The Bertz CT molecular complexity index is 1110. The van der Waals surface area contributed by atoms with Crippen LogP contribution in [0.5, 0.6) is 0 Å². The molecule has 3 unspecified atom stereocenters. The lowest BCUT2D eigenvalue weighted by Gasteiger charge is -2.50. The number of hydrogen-bond donors (Lipinski definition) is 2. The molecular formula is C29H37FN2O3. The number of oxime groups is 1. The number of carbonyl (C=O) groups is 1. The van der Waals surface area contributed by atoms with E-state index in [1.807, 2.05) is 19.1 Å². The number of nitrogens with one attached hydrogen (secondary N) is 1. The average Bonchev–Trinajstić information content (AvgIpc) is 3.14. The summed E-state index contributed by atoms with van der Waals surface area (Å²) in [5.74, 6) is 2.15. The Kier molecular flexibility index (Phi) is 6.49. The molecule has 0 bridgehead atoms. The molecule has 5 rings (SSSR count). The van der Waals surface area contributed by atoms with Crippen LogP contribution in [0, 0.1) is 29.0 Å². The zero-order valence-electron chi connectivity index (χ0n) is 21.1. The molecule has 1 heterocycles. The summed E-state index contributed by atoms with van der Waals surface area (Å²) in [6, 6.07) is 5.53. The Hall–Kier alpha value is -2.63. The smallest absolute Gasteiger partial charge is 0.224 e. The van der Waals surface area contributed by atoms with E-state index >= 15 is 0 Å². The first-order chi connectivity index (χ1) is 16.9. The lowest BCUT2D eigenvalue weighted by Crippen LogP contribution is -2.44. The predicted molar refractivity (Wildman–Crippen MR) is 134 cm³/mol. The Balaban J connectivity index is 1.34. The van der Waals surface area contributed by atoms with Gasteiger partial charge in [0.1, 0.15) is 12.4 Å². The summed E-state index contributed by atoms with van der Waals surface area (Å²) in [5.41, 5.74) is 4.78. The molecule has 35 heavy (non-hydrogen) atoms. The normalized spacial score (nSPS) is 32.9. The van der Waals surface area contributed by atoms with Crippen LogP contribution in [-0.2, 0) is 16.0 Å². The number of fused-ring (bicyclic) bond motifs is 5. The summed E-state index contributed by atoms with van der Waals surface area (Å²) in [4.78, 5) is 13.0. The highest BCUT2D eigenvalue weighted by molar-refractivity contribution is 5.92. The molecular weight excluding hydrogens is 443 g/mol. The SMILES string of the molecule is CCC1=C(NC(=O)CC[C@@H]2C/C(=N\O)[C@@]3(C)CCC4c5cccc(F)c5CCC4C23)C=C(C)OC1. The number of allylic oxidation sites excluding steroid dienone is 2.